The van der Waals surface area contributed by atoms with Crippen molar-refractivity contribution in [2.24, 2.45) is 0 Å². The summed E-state index contributed by atoms with van der Waals surface area (Å²) in [5.41, 5.74) is 2.76. The van der Waals surface area contributed by atoms with Gasteiger partial charge in [0.2, 0.25) is 10.0 Å². The average Bonchev–Trinajstić information content (AvgIpc) is 2.49. The number of sulfonamides is 1. The van der Waals surface area contributed by atoms with Crippen LogP contribution in [0.25, 0.3) is 0 Å². The normalized spacial score (nSPS) is 14.8. The fraction of sp³-hybridized carbons (Fsp3) is 0.143. The smallest absolute Gasteiger partial charge is 0.288 e. The Kier molecular flexibility index (Phi) is 5.19. The van der Waals surface area contributed by atoms with Gasteiger partial charge in [0.05, 0.1) is 11.4 Å². The molecule has 0 aromatic carbocycles. The number of pyridine rings is 1. The molecule has 1 aromatic rings. The maximum absolute atomic E-state index is 12.2. The second-order valence-corrected chi connectivity index (χ2v) is 6.98. The molecule has 0 saturated heterocycles. The van der Waals surface area contributed by atoms with Gasteiger partial charge >= 0.3 is 0 Å². The lowest BCUT2D eigenvalue weighted by Gasteiger charge is -2.15. The summed E-state index contributed by atoms with van der Waals surface area (Å²) in [5.74, 6) is -1.13. The minimum atomic E-state index is -3.73. The number of hydrogen-bond donors (Lipinski definition) is 3. The molecule has 0 saturated carbocycles. The van der Waals surface area contributed by atoms with Crippen LogP contribution in [0, 0.1) is 0 Å². The molecular formula is C14H14ClN3O4S. The van der Waals surface area contributed by atoms with Gasteiger partial charge in [0.15, 0.2) is 0 Å². The van der Waals surface area contributed by atoms with Gasteiger partial charge in [-0.05, 0) is 30.2 Å². The number of carbonyl (C=O) groups excluding carboxylic acids is 1. The van der Waals surface area contributed by atoms with E-state index in [0.717, 1.165) is 5.57 Å². The second kappa shape index (κ2) is 6.95. The summed E-state index contributed by atoms with van der Waals surface area (Å²) < 4.78 is 26.8. The van der Waals surface area contributed by atoms with Gasteiger partial charge in [-0.1, -0.05) is 29.8 Å². The highest BCUT2D eigenvalue weighted by atomic mass is 35.5. The van der Waals surface area contributed by atoms with Crippen LogP contribution in [-0.2, 0) is 10.0 Å². The van der Waals surface area contributed by atoms with Crippen molar-refractivity contribution in [3.63, 3.8) is 0 Å². The lowest BCUT2D eigenvalue weighted by Crippen LogP contribution is -2.22. The maximum atomic E-state index is 12.2. The van der Waals surface area contributed by atoms with Crippen molar-refractivity contribution in [2.75, 3.05) is 10.5 Å². The number of halogens is 1. The van der Waals surface area contributed by atoms with Crippen LogP contribution in [0.5, 0.6) is 0 Å². The number of aromatic nitrogens is 1. The van der Waals surface area contributed by atoms with E-state index in [1.54, 1.807) is 12.2 Å². The van der Waals surface area contributed by atoms with E-state index < -0.39 is 15.9 Å². The lowest BCUT2D eigenvalue weighted by molar-refractivity contribution is 0.0701. The second-order valence-electron chi connectivity index (χ2n) is 4.85. The number of allylic oxidation sites excluding steroid dienone is 4. The summed E-state index contributed by atoms with van der Waals surface area (Å²) in [6.07, 6.45) is 4.97. The topological polar surface area (TPSA) is 108 Å². The molecule has 1 aliphatic rings. The fourth-order valence-corrected chi connectivity index (χ4v) is 3.52. The number of anilines is 1. The van der Waals surface area contributed by atoms with Crippen molar-refractivity contribution >= 4 is 33.2 Å². The molecule has 0 fully saturated rings. The summed E-state index contributed by atoms with van der Waals surface area (Å²) >= 11 is 6.01. The van der Waals surface area contributed by atoms with Gasteiger partial charge in [-0.3, -0.25) is 19.7 Å². The summed E-state index contributed by atoms with van der Waals surface area (Å²) in [6.45, 7) is 3.78. The summed E-state index contributed by atoms with van der Waals surface area (Å²) in [5, 5.41) is 8.94. The molecule has 9 heteroatoms. The van der Waals surface area contributed by atoms with Crippen molar-refractivity contribution < 1.29 is 18.4 Å². The molecule has 0 radical (unpaired) electrons. The van der Waals surface area contributed by atoms with Gasteiger partial charge < -0.3 is 0 Å². The third kappa shape index (κ3) is 4.65. The third-order valence-corrected chi connectivity index (χ3v) is 4.64. The predicted octanol–water partition coefficient (Wildman–Crippen LogP) is 1.95. The van der Waals surface area contributed by atoms with Crippen molar-refractivity contribution in [1.29, 1.82) is 0 Å². The first kappa shape index (κ1) is 17.2. The molecule has 0 spiro atoms. The summed E-state index contributed by atoms with van der Waals surface area (Å²) in [7, 11) is -3.73. The van der Waals surface area contributed by atoms with Crippen LogP contribution in [-0.4, -0.2) is 30.3 Å². The molecule has 1 amide bonds. The molecule has 0 atom stereocenters. The highest BCUT2D eigenvalue weighted by molar-refractivity contribution is 7.92. The molecule has 2 rings (SSSR count). The van der Waals surface area contributed by atoms with Crippen molar-refractivity contribution in [3.05, 3.63) is 58.9 Å². The Morgan fingerprint density at radius 2 is 2.17 bits per heavy atom. The van der Waals surface area contributed by atoms with Crippen LogP contribution in [0.1, 0.15) is 16.9 Å². The van der Waals surface area contributed by atoms with E-state index in [4.69, 9.17) is 16.8 Å². The first-order valence-electron chi connectivity index (χ1n) is 6.45. The summed E-state index contributed by atoms with van der Waals surface area (Å²) in [4.78, 5) is 15.0. The number of nitrogens with zero attached hydrogens (tertiary/aromatic N) is 1. The highest BCUT2D eigenvalue weighted by Gasteiger charge is 2.19. The Hall–Kier alpha value is -2.16. The summed E-state index contributed by atoms with van der Waals surface area (Å²) in [6, 6.07) is 2.60. The van der Waals surface area contributed by atoms with E-state index in [-0.39, 0.29) is 17.1 Å². The number of hydrogen-bond acceptors (Lipinski definition) is 5. The molecule has 3 N–H and O–H groups in total. The number of carbonyl (C=O) groups is 1. The SMILES string of the molecule is C=C1C=CC(Cl)=C(CS(=O)(=O)Nc2ccnc(C(=O)NO)c2)C1. The molecule has 0 aliphatic heterocycles. The monoisotopic (exact) mass is 355 g/mol. The first-order valence-corrected chi connectivity index (χ1v) is 8.48. The predicted molar refractivity (Wildman–Crippen MR) is 86.7 cm³/mol. The number of nitrogens with one attached hydrogen (secondary N) is 2. The molecule has 0 unspecified atom stereocenters. The molecule has 1 heterocycles. The van der Waals surface area contributed by atoms with Crippen LogP contribution in [0.2, 0.25) is 0 Å². The van der Waals surface area contributed by atoms with E-state index in [9.17, 15) is 13.2 Å². The minimum absolute atomic E-state index is 0.126. The molecular weight excluding hydrogens is 342 g/mol. The Balaban J connectivity index is 2.17. The fourth-order valence-electron chi connectivity index (χ4n) is 1.97. The zero-order chi connectivity index (χ0) is 17.0. The van der Waals surface area contributed by atoms with Crippen molar-refractivity contribution in [3.8, 4) is 0 Å². The van der Waals surface area contributed by atoms with Gasteiger partial charge in [0.1, 0.15) is 5.69 Å². The Labute approximate surface area is 138 Å². The van der Waals surface area contributed by atoms with Crippen LogP contribution in [0.15, 0.2) is 53.2 Å². The molecule has 23 heavy (non-hydrogen) atoms. The van der Waals surface area contributed by atoms with Crippen molar-refractivity contribution in [2.45, 2.75) is 6.42 Å². The molecule has 0 bridgehead atoms. The van der Waals surface area contributed by atoms with Gasteiger partial charge in [-0.15, -0.1) is 0 Å². The Morgan fingerprint density at radius 3 is 2.87 bits per heavy atom. The van der Waals surface area contributed by atoms with Gasteiger partial charge in [0.25, 0.3) is 5.91 Å². The average molecular weight is 356 g/mol. The highest BCUT2D eigenvalue weighted by Crippen LogP contribution is 2.26. The van der Waals surface area contributed by atoms with Crippen LogP contribution >= 0.6 is 11.6 Å². The Morgan fingerprint density at radius 1 is 1.43 bits per heavy atom. The lowest BCUT2D eigenvalue weighted by atomic mass is 10.0. The van der Waals surface area contributed by atoms with Gasteiger partial charge in [0, 0.05) is 11.2 Å². The quantitative estimate of drug-likeness (QED) is 0.552. The largest absolute Gasteiger partial charge is 0.293 e. The standard InChI is InChI=1S/C14H14ClN3O4S/c1-9-2-3-12(15)10(6-9)8-23(21,22)18-11-4-5-16-13(7-11)14(19)17-20/h2-5,7,20H,1,6,8H2,(H,16,18)(H,17,19). The van der Waals surface area contributed by atoms with Gasteiger partial charge in [-0.2, -0.15) is 0 Å². The number of amides is 1. The zero-order valence-corrected chi connectivity index (χ0v) is 13.5. The molecule has 1 aromatic heterocycles. The van der Waals surface area contributed by atoms with E-state index in [2.05, 4.69) is 16.3 Å². The molecule has 7 nitrogen and oxygen atoms in total. The van der Waals surface area contributed by atoms with Gasteiger partial charge in [-0.25, -0.2) is 13.9 Å². The van der Waals surface area contributed by atoms with E-state index in [0.29, 0.717) is 17.0 Å². The van der Waals surface area contributed by atoms with Crippen LogP contribution in [0.3, 0.4) is 0 Å². The van der Waals surface area contributed by atoms with Crippen LogP contribution < -0.4 is 10.2 Å². The third-order valence-electron chi connectivity index (χ3n) is 2.98. The van der Waals surface area contributed by atoms with E-state index in [1.807, 2.05) is 0 Å². The van der Waals surface area contributed by atoms with Crippen LogP contribution in [0.4, 0.5) is 5.69 Å². The maximum Gasteiger partial charge on any atom is 0.293 e. The Bertz CT molecular complexity index is 815. The van der Waals surface area contributed by atoms with E-state index in [1.165, 1.54) is 23.8 Å². The molecule has 1 aliphatic carbocycles. The first-order chi connectivity index (χ1) is 10.8. The number of hydroxylamine groups is 1. The molecule has 122 valence electrons. The number of rotatable bonds is 5. The minimum Gasteiger partial charge on any atom is -0.288 e. The zero-order valence-electron chi connectivity index (χ0n) is 11.9. The van der Waals surface area contributed by atoms with Crippen molar-refractivity contribution in [1.82, 2.24) is 10.5 Å². The van der Waals surface area contributed by atoms with E-state index >= 15 is 0 Å².